The fourth-order valence-electron chi connectivity index (χ4n) is 3.12. The fourth-order valence-corrected chi connectivity index (χ4v) is 3.90. The summed E-state index contributed by atoms with van der Waals surface area (Å²) in [7, 11) is 1.62. The van der Waals surface area contributed by atoms with Gasteiger partial charge >= 0.3 is 0 Å². The zero-order chi connectivity index (χ0) is 18.1. The Hall–Kier alpha value is -2.99. The number of fused-ring (bicyclic) bond motifs is 1. The Balaban J connectivity index is 1.86. The number of imide groups is 1. The lowest BCUT2D eigenvalue weighted by molar-refractivity contribution is -0.115. The predicted molar refractivity (Wildman–Crippen MR) is 103 cm³/mol. The first kappa shape index (κ1) is 16.5. The second-order valence-corrected chi connectivity index (χ2v) is 6.91. The summed E-state index contributed by atoms with van der Waals surface area (Å²) in [6.07, 6.45) is 2.41. The van der Waals surface area contributed by atoms with Crippen molar-refractivity contribution < 1.29 is 14.3 Å². The summed E-state index contributed by atoms with van der Waals surface area (Å²) in [6, 6.07) is 15.6. The maximum Gasteiger partial charge on any atom is 0.290 e. The fraction of sp³-hybridized carbons (Fsp3) is 0.100. The SMILES string of the molecule is COc1cccc(CC(=C2SC(=O)NC2=O)c2c[nH]c3ccccc23)c1. The summed E-state index contributed by atoms with van der Waals surface area (Å²) in [5.41, 5.74) is 3.74. The minimum Gasteiger partial charge on any atom is -0.497 e. The van der Waals surface area contributed by atoms with E-state index in [-0.39, 0.29) is 11.1 Å². The lowest BCUT2D eigenvalue weighted by Gasteiger charge is -2.10. The van der Waals surface area contributed by atoms with Crippen molar-refractivity contribution in [2.24, 2.45) is 0 Å². The molecule has 6 heteroatoms. The maximum atomic E-state index is 12.3. The summed E-state index contributed by atoms with van der Waals surface area (Å²) in [5.74, 6) is 0.411. The van der Waals surface area contributed by atoms with E-state index in [4.69, 9.17) is 4.74 Å². The molecule has 0 radical (unpaired) electrons. The van der Waals surface area contributed by atoms with Crippen LogP contribution >= 0.6 is 11.8 Å². The van der Waals surface area contributed by atoms with Crippen molar-refractivity contribution in [3.05, 3.63) is 70.8 Å². The molecule has 0 aliphatic carbocycles. The topological polar surface area (TPSA) is 71.2 Å². The minimum atomic E-state index is -0.344. The summed E-state index contributed by atoms with van der Waals surface area (Å²) >= 11 is 0.953. The van der Waals surface area contributed by atoms with Gasteiger partial charge in [-0.05, 0) is 47.5 Å². The molecule has 1 aliphatic rings. The summed E-state index contributed by atoms with van der Waals surface area (Å²) in [4.78, 5) is 27.7. The van der Waals surface area contributed by atoms with Crippen LogP contribution in [0.25, 0.3) is 16.5 Å². The Morgan fingerprint density at radius 3 is 2.73 bits per heavy atom. The van der Waals surface area contributed by atoms with Gasteiger partial charge in [0.1, 0.15) is 5.75 Å². The molecule has 2 amide bonds. The standard InChI is InChI=1S/C20H16N2O3S/c1-25-13-6-4-5-12(9-13)10-15(18-19(23)22-20(24)26-18)16-11-21-17-8-3-2-7-14(16)17/h2-9,11,21H,10H2,1H3,(H,22,23,24). The molecule has 0 bridgehead atoms. The number of H-pyrrole nitrogens is 1. The van der Waals surface area contributed by atoms with Gasteiger partial charge in [0.05, 0.1) is 12.0 Å². The van der Waals surface area contributed by atoms with E-state index in [1.54, 1.807) is 7.11 Å². The molecule has 1 aliphatic heterocycles. The van der Waals surface area contributed by atoms with Crippen LogP contribution in [0.5, 0.6) is 5.75 Å². The van der Waals surface area contributed by atoms with Gasteiger partial charge in [0.15, 0.2) is 0 Å². The second-order valence-electron chi connectivity index (χ2n) is 5.93. The minimum absolute atomic E-state index is 0.340. The maximum absolute atomic E-state index is 12.3. The molecule has 2 heterocycles. The Labute approximate surface area is 154 Å². The van der Waals surface area contributed by atoms with E-state index in [1.165, 1.54) is 0 Å². The molecule has 2 N–H and O–H groups in total. The van der Waals surface area contributed by atoms with Gasteiger partial charge in [0.2, 0.25) is 0 Å². The number of ether oxygens (including phenoxy) is 1. The van der Waals surface area contributed by atoms with E-state index in [1.807, 2.05) is 54.7 Å². The van der Waals surface area contributed by atoms with Crippen molar-refractivity contribution in [1.82, 2.24) is 10.3 Å². The van der Waals surface area contributed by atoms with E-state index < -0.39 is 0 Å². The quantitative estimate of drug-likeness (QED) is 0.684. The molecule has 0 unspecified atom stereocenters. The molecule has 4 rings (SSSR count). The van der Waals surface area contributed by atoms with E-state index in [9.17, 15) is 9.59 Å². The molecule has 0 saturated carbocycles. The Kier molecular flexibility index (Phi) is 4.26. The van der Waals surface area contributed by atoms with Crippen LogP contribution in [0.3, 0.4) is 0 Å². The van der Waals surface area contributed by atoms with Crippen LogP contribution < -0.4 is 10.1 Å². The zero-order valence-corrected chi connectivity index (χ0v) is 14.9. The first-order chi connectivity index (χ1) is 12.7. The third-order valence-corrected chi connectivity index (χ3v) is 5.24. The molecule has 0 spiro atoms. The molecule has 130 valence electrons. The van der Waals surface area contributed by atoms with Crippen molar-refractivity contribution >= 4 is 39.4 Å². The number of para-hydroxylation sites is 1. The number of aromatic amines is 1. The summed E-state index contributed by atoms with van der Waals surface area (Å²) < 4.78 is 5.30. The molecule has 1 fully saturated rings. The number of methoxy groups -OCH3 is 1. The van der Waals surface area contributed by atoms with Crippen LogP contribution in [0.4, 0.5) is 4.79 Å². The Bertz CT molecular complexity index is 1050. The molecular formula is C20H16N2O3S. The first-order valence-corrected chi connectivity index (χ1v) is 8.93. The molecule has 3 aromatic rings. The number of hydrogen-bond donors (Lipinski definition) is 2. The first-order valence-electron chi connectivity index (χ1n) is 8.11. The van der Waals surface area contributed by atoms with Crippen molar-refractivity contribution in [3.63, 3.8) is 0 Å². The van der Waals surface area contributed by atoms with E-state index in [0.29, 0.717) is 11.3 Å². The zero-order valence-electron chi connectivity index (χ0n) is 14.0. The molecule has 5 nitrogen and oxygen atoms in total. The number of benzene rings is 2. The van der Waals surface area contributed by atoms with Crippen LogP contribution in [0.2, 0.25) is 0 Å². The molecule has 0 atom stereocenters. The van der Waals surface area contributed by atoms with Crippen LogP contribution in [0.1, 0.15) is 11.1 Å². The monoisotopic (exact) mass is 364 g/mol. The number of hydrogen-bond acceptors (Lipinski definition) is 4. The average Bonchev–Trinajstić information content (AvgIpc) is 3.23. The Morgan fingerprint density at radius 2 is 1.96 bits per heavy atom. The number of nitrogens with one attached hydrogen (secondary N) is 2. The van der Waals surface area contributed by atoms with Gasteiger partial charge in [0, 0.05) is 22.7 Å². The molecule has 2 aromatic carbocycles. The lowest BCUT2D eigenvalue weighted by Crippen LogP contribution is -2.18. The van der Waals surface area contributed by atoms with Crippen molar-refractivity contribution in [1.29, 1.82) is 0 Å². The smallest absolute Gasteiger partial charge is 0.290 e. The van der Waals surface area contributed by atoms with Crippen molar-refractivity contribution in [2.75, 3.05) is 7.11 Å². The number of rotatable bonds is 4. The number of carbonyl (C=O) groups is 2. The number of thioether (sulfide) groups is 1. The van der Waals surface area contributed by atoms with Gasteiger partial charge in [-0.1, -0.05) is 30.3 Å². The third-order valence-electron chi connectivity index (χ3n) is 4.32. The van der Waals surface area contributed by atoms with Gasteiger partial charge in [0.25, 0.3) is 11.1 Å². The molecule has 1 saturated heterocycles. The molecule has 1 aromatic heterocycles. The van der Waals surface area contributed by atoms with Gasteiger partial charge in [-0.15, -0.1) is 0 Å². The number of carbonyl (C=O) groups excluding carboxylic acids is 2. The highest BCUT2D eigenvalue weighted by Gasteiger charge is 2.30. The van der Waals surface area contributed by atoms with E-state index >= 15 is 0 Å². The third kappa shape index (κ3) is 2.99. The van der Waals surface area contributed by atoms with Crippen molar-refractivity contribution in [2.45, 2.75) is 6.42 Å². The van der Waals surface area contributed by atoms with Gasteiger partial charge < -0.3 is 9.72 Å². The van der Waals surface area contributed by atoms with Gasteiger partial charge in [-0.25, -0.2) is 0 Å². The van der Waals surface area contributed by atoms with E-state index in [0.717, 1.165) is 45.1 Å². The predicted octanol–water partition coefficient (Wildman–Crippen LogP) is 4.11. The highest BCUT2D eigenvalue weighted by atomic mass is 32.2. The normalized spacial score (nSPS) is 16.0. The Morgan fingerprint density at radius 1 is 1.12 bits per heavy atom. The van der Waals surface area contributed by atoms with Crippen LogP contribution in [0.15, 0.2) is 59.6 Å². The summed E-state index contributed by atoms with van der Waals surface area (Å²) in [6.45, 7) is 0. The van der Waals surface area contributed by atoms with Gasteiger partial charge in [-0.3, -0.25) is 14.9 Å². The molecular weight excluding hydrogens is 348 g/mol. The number of amides is 2. The number of allylic oxidation sites excluding steroid dienone is 1. The lowest BCUT2D eigenvalue weighted by atomic mass is 9.97. The number of aromatic nitrogens is 1. The highest BCUT2D eigenvalue weighted by Crippen LogP contribution is 2.37. The van der Waals surface area contributed by atoms with Crippen LogP contribution in [-0.4, -0.2) is 23.2 Å². The summed E-state index contributed by atoms with van der Waals surface area (Å²) in [5, 5.41) is 3.04. The molecule has 26 heavy (non-hydrogen) atoms. The second kappa shape index (κ2) is 6.72. The highest BCUT2D eigenvalue weighted by molar-refractivity contribution is 8.18. The average molecular weight is 364 g/mol. The largest absolute Gasteiger partial charge is 0.497 e. The van der Waals surface area contributed by atoms with Crippen LogP contribution in [-0.2, 0) is 11.2 Å². The van der Waals surface area contributed by atoms with Crippen molar-refractivity contribution in [3.8, 4) is 5.75 Å². The van der Waals surface area contributed by atoms with Crippen LogP contribution in [0, 0.1) is 0 Å². The van der Waals surface area contributed by atoms with Gasteiger partial charge in [-0.2, -0.15) is 0 Å². The van der Waals surface area contributed by atoms with E-state index in [2.05, 4.69) is 10.3 Å².